The van der Waals surface area contributed by atoms with Crippen LogP contribution in [0.4, 0.5) is 0 Å². The summed E-state index contributed by atoms with van der Waals surface area (Å²) in [5.41, 5.74) is 6.27. The van der Waals surface area contributed by atoms with Gasteiger partial charge in [0.25, 0.3) is 0 Å². The van der Waals surface area contributed by atoms with Gasteiger partial charge < -0.3 is 4.74 Å². The molecule has 0 N–H and O–H groups in total. The lowest BCUT2D eigenvalue weighted by atomic mass is 9.94. The van der Waals surface area contributed by atoms with Gasteiger partial charge in [-0.2, -0.15) is 0 Å². The van der Waals surface area contributed by atoms with Crippen molar-refractivity contribution in [1.82, 2.24) is 0 Å². The van der Waals surface area contributed by atoms with Crippen LogP contribution in [0.3, 0.4) is 0 Å². The monoisotopic (exact) mass is 358 g/mol. The van der Waals surface area contributed by atoms with Gasteiger partial charge in [0.2, 0.25) is 0 Å². The molecule has 0 saturated carbocycles. The Labute approximate surface area is 164 Å². The zero-order valence-corrected chi connectivity index (χ0v) is 16.5. The quantitative estimate of drug-likeness (QED) is 0.356. The predicted molar refractivity (Wildman–Crippen MR) is 116 cm³/mol. The molecular formula is C26H30O. The fourth-order valence-corrected chi connectivity index (χ4v) is 3.42. The predicted octanol–water partition coefficient (Wildman–Crippen LogP) is 7.68. The van der Waals surface area contributed by atoms with Gasteiger partial charge in [0.05, 0.1) is 6.10 Å². The van der Waals surface area contributed by atoms with Crippen molar-refractivity contribution in [2.75, 3.05) is 6.61 Å². The van der Waals surface area contributed by atoms with Crippen LogP contribution in [0.25, 0.3) is 22.3 Å². The molecule has 0 saturated heterocycles. The van der Waals surface area contributed by atoms with E-state index < -0.39 is 0 Å². The maximum absolute atomic E-state index is 6.01. The van der Waals surface area contributed by atoms with Gasteiger partial charge in [-0.25, -0.2) is 0 Å². The first-order valence-electron chi connectivity index (χ1n) is 10.2. The zero-order chi connectivity index (χ0) is 18.9. The van der Waals surface area contributed by atoms with E-state index in [1.165, 1.54) is 47.1 Å². The molecule has 1 nitrogen and oxygen atoms in total. The molecule has 27 heavy (non-hydrogen) atoms. The maximum Gasteiger partial charge on any atom is 0.0796 e. The topological polar surface area (TPSA) is 9.23 Å². The smallest absolute Gasteiger partial charge is 0.0796 e. The molecule has 0 spiro atoms. The van der Waals surface area contributed by atoms with Crippen LogP contribution in [0.5, 0.6) is 0 Å². The fraction of sp³-hybridized carbons (Fsp3) is 0.308. The average Bonchev–Trinajstić information content (AvgIpc) is 2.74. The van der Waals surface area contributed by atoms with Crippen molar-refractivity contribution in [3.05, 3.63) is 84.4 Å². The Hall–Kier alpha value is -2.38. The van der Waals surface area contributed by atoms with Gasteiger partial charge in [0.15, 0.2) is 0 Å². The molecule has 0 heterocycles. The van der Waals surface area contributed by atoms with E-state index in [0.29, 0.717) is 0 Å². The van der Waals surface area contributed by atoms with E-state index in [9.17, 15) is 0 Å². The van der Waals surface area contributed by atoms with Gasteiger partial charge in [-0.05, 0) is 41.2 Å². The Kier molecular flexibility index (Phi) is 7.24. The minimum Gasteiger partial charge on any atom is -0.374 e. The molecule has 0 bridgehead atoms. The van der Waals surface area contributed by atoms with E-state index in [1.54, 1.807) is 0 Å². The summed E-state index contributed by atoms with van der Waals surface area (Å²) in [6.07, 6.45) is 5.12. The van der Waals surface area contributed by atoms with Crippen LogP contribution >= 0.6 is 0 Å². The van der Waals surface area contributed by atoms with Gasteiger partial charge >= 0.3 is 0 Å². The van der Waals surface area contributed by atoms with Gasteiger partial charge in [-0.15, -0.1) is 0 Å². The fourth-order valence-electron chi connectivity index (χ4n) is 3.42. The first-order valence-corrected chi connectivity index (χ1v) is 10.2. The lowest BCUT2D eigenvalue weighted by molar-refractivity contribution is 0.0628. The highest BCUT2D eigenvalue weighted by Gasteiger charge is 2.09. The minimum atomic E-state index is 0.144. The van der Waals surface area contributed by atoms with Crippen LogP contribution in [0.2, 0.25) is 0 Å². The highest BCUT2D eigenvalue weighted by Crippen LogP contribution is 2.32. The first kappa shape index (κ1) is 19.4. The Morgan fingerprint density at radius 3 is 1.89 bits per heavy atom. The summed E-state index contributed by atoms with van der Waals surface area (Å²) >= 11 is 0. The molecule has 0 radical (unpaired) electrons. The number of ether oxygens (including phenoxy) is 1. The summed E-state index contributed by atoms with van der Waals surface area (Å²) in [4.78, 5) is 0. The largest absolute Gasteiger partial charge is 0.374 e. The average molecular weight is 359 g/mol. The molecule has 3 aromatic rings. The molecule has 0 fully saturated rings. The van der Waals surface area contributed by atoms with Crippen molar-refractivity contribution >= 4 is 0 Å². The van der Waals surface area contributed by atoms with Crippen LogP contribution in [0, 0.1) is 0 Å². The molecule has 0 aliphatic heterocycles. The highest BCUT2D eigenvalue weighted by molar-refractivity contribution is 5.83. The normalized spacial score (nSPS) is 12.1. The number of hydrogen-bond acceptors (Lipinski definition) is 1. The third-order valence-corrected chi connectivity index (χ3v) is 5.07. The molecule has 140 valence electrons. The van der Waals surface area contributed by atoms with Gasteiger partial charge in [0, 0.05) is 6.61 Å². The molecule has 0 aromatic heterocycles. The van der Waals surface area contributed by atoms with E-state index in [0.717, 1.165) is 13.0 Å². The SMILES string of the molecule is CCCCCCOC(C)c1ccc(-c2ccccc2-c2ccccc2)cc1. The van der Waals surface area contributed by atoms with Crippen molar-refractivity contribution in [2.45, 2.75) is 45.6 Å². The van der Waals surface area contributed by atoms with Gasteiger partial charge in [-0.3, -0.25) is 0 Å². The molecule has 1 heteroatoms. The lowest BCUT2D eigenvalue weighted by Crippen LogP contribution is -2.01. The summed E-state index contributed by atoms with van der Waals surface area (Å²) in [6.45, 7) is 5.23. The van der Waals surface area contributed by atoms with Crippen molar-refractivity contribution in [3.8, 4) is 22.3 Å². The third-order valence-electron chi connectivity index (χ3n) is 5.07. The van der Waals surface area contributed by atoms with E-state index in [-0.39, 0.29) is 6.10 Å². The van der Waals surface area contributed by atoms with Crippen molar-refractivity contribution < 1.29 is 4.74 Å². The lowest BCUT2D eigenvalue weighted by Gasteiger charge is -2.15. The molecule has 1 unspecified atom stereocenters. The molecular weight excluding hydrogens is 328 g/mol. The second-order valence-electron chi connectivity index (χ2n) is 7.11. The molecule has 1 atom stereocenters. The van der Waals surface area contributed by atoms with Crippen LogP contribution in [-0.4, -0.2) is 6.61 Å². The summed E-state index contributed by atoms with van der Waals surface area (Å²) in [5, 5.41) is 0. The van der Waals surface area contributed by atoms with Gasteiger partial charge in [-0.1, -0.05) is 105 Å². The van der Waals surface area contributed by atoms with Gasteiger partial charge in [0.1, 0.15) is 0 Å². The Morgan fingerprint density at radius 2 is 1.26 bits per heavy atom. The minimum absolute atomic E-state index is 0.144. The van der Waals surface area contributed by atoms with Crippen LogP contribution < -0.4 is 0 Å². The van der Waals surface area contributed by atoms with E-state index >= 15 is 0 Å². The van der Waals surface area contributed by atoms with Crippen molar-refractivity contribution in [2.24, 2.45) is 0 Å². The number of unbranched alkanes of at least 4 members (excludes halogenated alkanes) is 3. The standard InChI is InChI=1S/C26H30O/c1-3-4-5-11-20-27-21(2)22-16-18-24(19-17-22)26-15-10-9-14-25(26)23-12-7-6-8-13-23/h6-10,12-19,21H,3-5,11,20H2,1-2H3. The second kappa shape index (κ2) is 10.1. The summed E-state index contributed by atoms with van der Waals surface area (Å²) in [6, 6.07) is 28.0. The van der Waals surface area contributed by atoms with Crippen LogP contribution in [-0.2, 0) is 4.74 Å². The summed E-state index contributed by atoms with van der Waals surface area (Å²) in [5.74, 6) is 0. The highest BCUT2D eigenvalue weighted by atomic mass is 16.5. The zero-order valence-electron chi connectivity index (χ0n) is 16.5. The van der Waals surface area contributed by atoms with Crippen molar-refractivity contribution in [1.29, 1.82) is 0 Å². The Balaban J connectivity index is 1.71. The van der Waals surface area contributed by atoms with Crippen LogP contribution in [0.1, 0.15) is 51.2 Å². The first-order chi connectivity index (χ1) is 13.3. The Bertz CT molecular complexity index is 805. The summed E-state index contributed by atoms with van der Waals surface area (Å²) in [7, 11) is 0. The Morgan fingerprint density at radius 1 is 0.667 bits per heavy atom. The maximum atomic E-state index is 6.01. The molecule has 0 aliphatic rings. The van der Waals surface area contributed by atoms with Crippen molar-refractivity contribution in [3.63, 3.8) is 0 Å². The number of rotatable bonds is 9. The number of benzene rings is 3. The number of hydrogen-bond donors (Lipinski definition) is 0. The third kappa shape index (κ3) is 5.30. The molecule has 3 aromatic carbocycles. The van der Waals surface area contributed by atoms with E-state index in [2.05, 4.69) is 92.7 Å². The second-order valence-corrected chi connectivity index (χ2v) is 7.11. The van der Waals surface area contributed by atoms with E-state index in [4.69, 9.17) is 4.74 Å². The van der Waals surface area contributed by atoms with E-state index in [1.807, 2.05) is 0 Å². The van der Waals surface area contributed by atoms with Crippen LogP contribution in [0.15, 0.2) is 78.9 Å². The summed E-state index contributed by atoms with van der Waals surface area (Å²) < 4.78 is 6.01. The molecule has 0 aliphatic carbocycles. The molecule has 3 rings (SSSR count). The molecule has 0 amide bonds.